The highest BCUT2D eigenvalue weighted by molar-refractivity contribution is 9.10. The second-order valence-corrected chi connectivity index (χ2v) is 7.05. The quantitative estimate of drug-likeness (QED) is 0.835. The Morgan fingerprint density at radius 2 is 1.75 bits per heavy atom. The summed E-state index contributed by atoms with van der Waals surface area (Å²) in [6.45, 7) is 8.92. The normalized spacial score (nSPS) is 21.2. The van der Waals surface area contributed by atoms with Crippen LogP contribution in [0.25, 0.3) is 5.57 Å². The van der Waals surface area contributed by atoms with Gasteiger partial charge in [-0.15, -0.1) is 0 Å². The Morgan fingerprint density at radius 3 is 2.35 bits per heavy atom. The zero-order valence-electron chi connectivity index (χ0n) is 12.4. The van der Waals surface area contributed by atoms with Crippen molar-refractivity contribution in [1.29, 1.82) is 0 Å². The van der Waals surface area contributed by atoms with Gasteiger partial charge < -0.3 is 9.84 Å². The molecule has 0 amide bonds. The van der Waals surface area contributed by atoms with E-state index in [1.165, 1.54) is 0 Å². The fourth-order valence-electron chi connectivity index (χ4n) is 2.56. The van der Waals surface area contributed by atoms with E-state index in [1.54, 1.807) is 27.7 Å². The number of Topliss-reactive ketones (excluding diaryl/α,β-unsaturated/α-hetero) is 1. The molecule has 0 atom stereocenters. The molecular formula is C16H19BrO3. The Morgan fingerprint density at radius 1 is 1.15 bits per heavy atom. The monoisotopic (exact) mass is 338 g/mol. The first-order chi connectivity index (χ1) is 9.06. The summed E-state index contributed by atoms with van der Waals surface area (Å²) in [4.78, 5) is 12.7. The molecule has 1 aliphatic rings. The number of halogens is 1. The summed E-state index contributed by atoms with van der Waals surface area (Å²) in [5.41, 5.74) is 0.189. The Balaban J connectivity index is 2.74. The van der Waals surface area contributed by atoms with Gasteiger partial charge >= 0.3 is 0 Å². The standard InChI is InChI=1S/C16H19BrO3/c1-9-6-7-10(17)8-11(9)12-13(18)15(2,3)20-16(4,5)14(12)19/h6-8,18H,1-5H3. The number of aryl methyl sites for hydroxylation is 1. The van der Waals surface area contributed by atoms with Crippen molar-refractivity contribution in [1.82, 2.24) is 0 Å². The van der Waals surface area contributed by atoms with E-state index >= 15 is 0 Å². The summed E-state index contributed by atoms with van der Waals surface area (Å²) < 4.78 is 6.61. The molecule has 0 saturated carbocycles. The molecule has 0 aromatic heterocycles. The highest BCUT2D eigenvalue weighted by atomic mass is 79.9. The van der Waals surface area contributed by atoms with E-state index in [1.807, 2.05) is 25.1 Å². The number of hydrogen-bond acceptors (Lipinski definition) is 3. The van der Waals surface area contributed by atoms with Crippen LogP contribution in [0.15, 0.2) is 28.4 Å². The first kappa shape index (κ1) is 15.3. The van der Waals surface area contributed by atoms with Crippen LogP contribution in [0.2, 0.25) is 0 Å². The summed E-state index contributed by atoms with van der Waals surface area (Å²) >= 11 is 3.41. The van der Waals surface area contributed by atoms with Crippen molar-refractivity contribution in [2.75, 3.05) is 0 Å². The Kier molecular flexibility index (Phi) is 3.59. The van der Waals surface area contributed by atoms with Gasteiger partial charge in [0.1, 0.15) is 17.0 Å². The largest absolute Gasteiger partial charge is 0.508 e. The average molecular weight is 339 g/mol. The second-order valence-electron chi connectivity index (χ2n) is 6.13. The van der Waals surface area contributed by atoms with Gasteiger partial charge in [0.05, 0.1) is 5.57 Å². The average Bonchev–Trinajstić information content (AvgIpc) is 2.30. The van der Waals surface area contributed by atoms with E-state index in [0.717, 1.165) is 15.6 Å². The minimum absolute atomic E-state index is 0.0111. The van der Waals surface area contributed by atoms with E-state index in [-0.39, 0.29) is 11.5 Å². The Hall–Kier alpha value is -1.13. The predicted molar refractivity (Wildman–Crippen MR) is 82.7 cm³/mol. The number of aliphatic hydroxyl groups excluding tert-OH is 1. The van der Waals surface area contributed by atoms with Gasteiger partial charge in [-0.1, -0.05) is 22.0 Å². The van der Waals surface area contributed by atoms with E-state index in [2.05, 4.69) is 15.9 Å². The molecule has 4 heteroatoms. The van der Waals surface area contributed by atoms with Crippen LogP contribution in [-0.2, 0) is 9.53 Å². The summed E-state index contributed by atoms with van der Waals surface area (Å²) in [5.74, 6) is -0.210. The lowest BCUT2D eigenvalue weighted by Crippen LogP contribution is -2.49. The van der Waals surface area contributed by atoms with Crippen LogP contribution in [0, 0.1) is 6.92 Å². The minimum atomic E-state index is -0.959. The summed E-state index contributed by atoms with van der Waals surface area (Å²) in [7, 11) is 0. The van der Waals surface area contributed by atoms with Gasteiger partial charge in [0.2, 0.25) is 0 Å². The predicted octanol–water partition coefficient (Wildman–Crippen LogP) is 4.18. The van der Waals surface area contributed by atoms with Gasteiger partial charge in [-0.2, -0.15) is 0 Å². The van der Waals surface area contributed by atoms with E-state index in [4.69, 9.17) is 4.74 Å². The van der Waals surface area contributed by atoms with Crippen molar-refractivity contribution in [3.05, 3.63) is 39.6 Å². The molecule has 20 heavy (non-hydrogen) atoms. The van der Waals surface area contributed by atoms with Crippen LogP contribution in [0.4, 0.5) is 0 Å². The fraction of sp³-hybridized carbons (Fsp3) is 0.438. The number of ether oxygens (including phenoxy) is 1. The van der Waals surface area contributed by atoms with E-state index in [0.29, 0.717) is 5.57 Å². The first-order valence-electron chi connectivity index (χ1n) is 6.51. The van der Waals surface area contributed by atoms with Crippen LogP contribution >= 0.6 is 15.9 Å². The van der Waals surface area contributed by atoms with Gasteiger partial charge in [-0.05, 0) is 57.9 Å². The number of carbonyl (C=O) groups excluding carboxylic acids is 1. The second kappa shape index (κ2) is 4.71. The van der Waals surface area contributed by atoms with Crippen molar-refractivity contribution in [3.8, 4) is 0 Å². The molecule has 2 rings (SSSR count). The highest BCUT2D eigenvalue weighted by Gasteiger charge is 2.47. The topological polar surface area (TPSA) is 46.5 Å². The van der Waals surface area contributed by atoms with Crippen molar-refractivity contribution < 1.29 is 14.6 Å². The molecule has 3 nitrogen and oxygen atoms in total. The molecule has 108 valence electrons. The lowest BCUT2D eigenvalue weighted by atomic mass is 9.82. The van der Waals surface area contributed by atoms with Crippen molar-refractivity contribution in [2.24, 2.45) is 0 Å². The van der Waals surface area contributed by atoms with Crippen LogP contribution in [-0.4, -0.2) is 22.1 Å². The Bertz CT molecular complexity index is 612. The molecule has 0 radical (unpaired) electrons. The van der Waals surface area contributed by atoms with Crippen molar-refractivity contribution in [2.45, 2.75) is 45.8 Å². The summed E-state index contributed by atoms with van der Waals surface area (Å²) in [6.07, 6.45) is 0. The van der Waals surface area contributed by atoms with Crippen molar-refractivity contribution in [3.63, 3.8) is 0 Å². The number of aliphatic hydroxyl groups is 1. The first-order valence-corrected chi connectivity index (χ1v) is 7.31. The SMILES string of the molecule is Cc1ccc(Br)cc1C1=C(O)C(C)(C)OC(C)(C)C1=O. The number of hydrogen-bond donors (Lipinski definition) is 1. The Labute approximate surface area is 127 Å². The summed E-state index contributed by atoms with van der Waals surface area (Å²) in [5, 5.41) is 10.5. The molecule has 1 aromatic carbocycles. The number of ketones is 1. The van der Waals surface area contributed by atoms with E-state index in [9.17, 15) is 9.90 Å². The molecule has 1 aromatic rings. The zero-order chi connectivity index (χ0) is 15.3. The maximum absolute atomic E-state index is 12.7. The van der Waals surface area contributed by atoms with Gasteiger partial charge in [-0.25, -0.2) is 0 Å². The number of benzene rings is 1. The third-order valence-electron chi connectivity index (χ3n) is 3.56. The lowest BCUT2D eigenvalue weighted by molar-refractivity contribution is -0.158. The molecule has 0 fully saturated rings. The maximum Gasteiger partial charge on any atom is 0.198 e. The molecule has 0 spiro atoms. The molecular weight excluding hydrogens is 320 g/mol. The molecule has 1 heterocycles. The number of rotatable bonds is 1. The highest BCUT2D eigenvalue weighted by Crippen LogP contribution is 2.41. The molecule has 0 bridgehead atoms. The third-order valence-corrected chi connectivity index (χ3v) is 4.05. The van der Waals surface area contributed by atoms with Gasteiger partial charge in [0, 0.05) is 4.47 Å². The van der Waals surface area contributed by atoms with Crippen molar-refractivity contribution >= 4 is 27.3 Å². The molecule has 0 saturated heterocycles. The number of carbonyl (C=O) groups is 1. The van der Waals surface area contributed by atoms with Crippen LogP contribution < -0.4 is 0 Å². The fourth-order valence-corrected chi connectivity index (χ4v) is 2.92. The third kappa shape index (κ3) is 2.42. The van der Waals surface area contributed by atoms with Crippen LogP contribution in [0.1, 0.15) is 38.8 Å². The lowest BCUT2D eigenvalue weighted by Gasteiger charge is -2.40. The van der Waals surface area contributed by atoms with Gasteiger partial charge in [0.25, 0.3) is 0 Å². The molecule has 1 aliphatic heterocycles. The zero-order valence-corrected chi connectivity index (χ0v) is 14.0. The minimum Gasteiger partial charge on any atom is -0.508 e. The van der Waals surface area contributed by atoms with Crippen LogP contribution in [0.3, 0.4) is 0 Å². The molecule has 1 N–H and O–H groups in total. The van der Waals surface area contributed by atoms with Crippen LogP contribution in [0.5, 0.6) is 0 Å². The summed E-state index contributed by atoms with van der Waals surface area (Å²) in [6, 6.07) is 5.69. The molecule has 0 aliphatic carbocycles. The van der Waals surface area contributed by atoms with Gasteiger partial charge in [0.15, 0.2) is 5.78 Å². The van der Waals surface area contributed by atoms with E-state index < -0.39 is 11.2 Å². The molecule has 0 unspecified atom stereocenters. The maximum atomic E-state index is 12.7. The van der Waals surface area contributed by atoms with Gasteiger partial charge in [-0.3, -0.25) is 4.79 Å². The smallest absolute Gasteiger partial charge is 0.198 e.